The van der Waals surface area contributed by atoms with E-state index in [2.05, 4.69) is 16.4 Å². The maximum Gasteiger partial charge on any atom is 0.292 e. The highest BCUT2D eigenvalue weighted by Gasteiger charge is 2.16. The number of nitrogens with two attached hydrogens (primary N) is 1. The van der Waals surface area contributed by atoms with E-state index in [-0.39, 0.29) is 11.4 Å². The van der Waals surface area contributed by atoms with E-state index >= 15 is 0 Å². The standard InChI is InChI=1S/C12H11N4O2/c1-8-10(16(17)18)7-14-12(11(8)13)15-9-5-3-2-4-6-9/h2-3,5-7H,13H2,1H3,(H,14,15). The summed E-state index contributed by atoms with van der Waals surface area (Å²) in [7, 11) is 0. The van der Waals surface area contributed by atoms with Gasteiger partial charge in [-0.2, -0.15) is 0 Å². The monoisotopic (exact) mass is 243 g/mol. The summed E-state index contributed by atoms with van der Waals surface area (Å²) in [6.45, 7) is 1.59. The minimum absolute atomic E-state index is 0.0855. The highest BCUT2D eigenvalue weighted by atomic mass is 16.6. The van der Waals surface area contributed by atoms with Gasteiger partial charge in [-0.3, -0.25) is 10.1 Å². The van der Waals surface area contributed by atoms with Crippen LogP contribution in [0.2, 0.25) is 0 Å². The third-order valence-corrected chi connectivity index (χ3v) is 2.53. The van der Waals surface area contributed by atoms with Gasteiger partial charge in [0.25, 0.3) is 5.69 Å². The summed E-state index contributed by atoms with van der Waals surface area (Å²) >= 11 is 0. The lowest BCUT2D eigenvalue weighted by atomic mass is 10.2. The minimum atomic E-state index is -0.501. The van der Waals surface area contributed by atoms with Gasteiger partial charge >= 0.3 is 0 Å². The quantitative estimate of drug-likeness (QED) is 0.637. The lowest BCUT2D eigenvalue weighted by Gasteiger charge is -2.09. The Hall–Kier alpha value is -2.63. The Labute approximate surface area is 104 Å². The third-order valence-electron chi connectivity index (χ3n) is 2.53. The van der Waals surface area contributed by atoms with E-state index in [1.807, 2.05) is 12.1 Å². The van der Waals surface area contributed by atoms with E-state index in [9.17, 15) is 10.1 Å². The van der Waals surface area contributed by atoms with Crippen molar-refractivity contribution in [2.75, 3.05) is 11.1 Å². The van der Waals surface area contributed by atoms with Gasteiger partial charge in [0.05, 0.1) is 16.2 Å². The first-order valence-corrected chi connectivity index (χ1v) is 5.22. The van der Waals surface area contributed by atoms with Crippen LogP contribution >= 0.6 is 0 Å². The van der Waals surface area contributed by atoms with Gasteiger partial charge in [-0.1, -0.05) is 12.1 Å². The molecule has 0 saturated carbocycles. The van der Waals surface area contributed by atoms with Crippen molar-refractivity contribution < 1.29 is 4.92 Å². The molecular weight excluding hydrogens is 232 g/mol. The van der Waals surface area contributed by atoms with Crippen molar-refractivity contribution >= 4 is 22.9 Å². The van der Waals surface area contributed by atoms with Crippen molar-refractivity contribution in [3.05, 3.63) is 52.2 Å². The van der Waals surface area contributed by atoms with Crippen LogP contribution in [0.15, 0.2) is 30.5 Å². The molecule has 1 radical (unpaired) electrons. The molecule has 0 aliphatic carbocycles. The fourth-order valence-electron chi connectivity index (χ4n) is 1.50. The Bertz CT molecular complexity index is 584. The van der Waals surface area contributed by atoms with Gasteiger partial charge in [-0.05, 0) is 25.1 Å². The van der Waals surface area contributed by atoms with Crippen molar-refractivity contribution in [2.45, 2.75) is 6.92 Å². The molecule has 0 amide bonds. The molecule has 0 aliphatic heterocycles. The highest BCUT2D eigenvalue weighted by Crippen LogP contribution is 2.29. The molecule has 6 nitrogen and oxygen atoms in total. The summed E-state index contributed by atoms with van der Waals surface area (Å²) in [6.07, 6.45) is 1.20. The molecule has 6 heteroatoms. The average molecular weight is 243 g/mol. The summed E-state index contributed by atoms with van der Waals surface area (Å²) in [5.41, 5.74) is 7.18. The molecule has 0 spiro atoms. The Morgan fingerprint density at radius 2 is 2.33 bits per heavy atom. The Kier molecular flexibility index (Phi) is 3.09. The fraction of sp³-hybridized carbons (Fsp3) is 0.0833. The summed E-state index contributed by atoms with van der Waals surface area (Å²) in [4.78, 5) is 14.2. The zero-order valence-corrected chi connectivity index (χ0v) is 9.68. The van der Waals surface area contributed by atoms with Crippen molar-refractivity contribution in [3.63, 3.8) is 0 Å². The summed E-state index contributed by atoms with van der Waals surface area (Å²) in [6, 6.07) is 10.1. The van der Waals surface area contributed by atoms with Crippen LogP contribution in [0.5, 0.6) is 0 Å². The molecule has 0 aliphatic rings. The Morgan fingerprint density at radius 1 is 1.56 bits per heavy atom. The molecule has 0 unspecified atom stereocenters. The van der Waals surface area contributed by atoms with Crippen LogP contribution < -0.4 is 11.1 Å². The first-order chi connectivity index (χ1) is 8.59. The summed E-state index contributed by atoms with van der Waals surface area (Å²) in [5.74, 6) is 0.401. The number of nitrogen functional groups attached to an aromatic ring is 1. The maximum atomic E-state index is 10.7. The number of hydrogen-bond acceptors (Lipinski definition) is 5. The van der Waals surface area contributed by atoms with E-state index in [1.54, 1.807) is 19.1 Å². The third kappa shape index (κ3) is 2.22. The topological polar surface area (TPSA) is 94.1 Å². The smallest absolute Gasteiger partial charge is 0.292 e. The first-order valence-electron chi connectivity index (χ1n) is 5.22. The van der Waals surface area contributed by atoms with Gasteiger partial charge in [-0.15, -0.1) is 0 Å². The SMILES string of the molecule is Cc1c([N+](=O)[O-])cnc(Nc2c[c]ccc2)c1N. The van der Waals surface area contributed by atoms with Crippen molar-refractivity contribution in [3.8, 4) is 0 Å². The fourth-order valence-corrected chi connectivity index (χ4v) is 1.50. The van der Waals surface area contributed by atoms with Crippen LogP contribution in [0.3, 0.4) is 0 Å². The van der Waals surface area contributed by atoms with E-state index in [4.69, 9.17) is 5.73 Å². The number of pyridine rings is 1. The van der Waals surface area contributed by atoms with Crippen molar-refractivity contribution in [1.29, 1.82) is 0 Å². The average Bonchev–Trinajstić information content (AvgIpc) is 2.36. The second-order valence-corrected chi connectivity index (χ2v) is 3.70. The van der Waals surface area contributed by atoms with E-state index in [0.29, 0.717) is 11.4 Å². The van der Waals surface area contributed by atoms with Crippen LogP contribution in [0, 0.1) is 23.1 Å². The van der Waals surface area contributed by atoms with Crippen LogP contribution in [-0.4, -0.2) is 9.91 Å². The van der Waals surface area contributed by atoms with Crippen LogP contribution in [-0.2, 0) is 0 Å². The minimum Gasteiger partial charge on any atom is -0.395 e. The molecule has 1 aromatic heterocycles. The molecule has 0 saturated heterocycles. The molecule has 18 heavy (non-hydrogen) atoms. The van der Waals surface area contributed by atoms with Crippen LogP contribution in [0.25, 0.3) is 0 Å². The lowest BCUT2D eigenvalue weighted by molar-refractivity contribution is -0.385. The van der Waals surface area contributed by atoms with Crippen molar-refractivity contribution in [1.82, 2.24) is 4.98 Å². The number of nitro groups is 1. The molecule has 1 heterocycles. The molecule has 0 fully saturated rings. The number of nitrogens with one attached hydrogen (secondary N) is 1. The summed E-state index contributed by atoms with van der Waals surface area (Å²) < 4.78 is 0. The largest absolute Gasteiger partial charge is 0.395 e. The molecule has 1 aromatic carbocycles. The molecule has 91 valence electrons. The number of benzene rings is 1. The van der Waals surface area contributed by atoms with Gasteiger partial charge in [-0.25, -0.2) is 4.98 Å². The lowest BCUT2D eigenvalue weighted by Crippen LogP contribution is -2.04. The molecule has 0 bridgehead atoms. The van der Waals surface area contributed by atoms with E-state index < -0.39 is 4.92 Å². The number of hydrogen-bond donors (Lipinski definition) is 2. The second-order valence-electron chi connectivity index (χ2n) is 3.70. The molecule has 2 aromatic rings. The molecule has 0 atom stereocenters. The molecular formula is C12H11N4O2. The summed E-state index contributed by atoms with van der Waals surface area (Å²) in [5, 5.41) is 13.7. The predicted molar refractivity (Wildman–Crippen MR) is 68.6 cm³/mol. The zero-order valence-electron chi connectivity index (χ0n) is 9.68. The first kappa shape index (κ1) is 11.8. The zero-order chi connectivity index (χ0) is 13.1. The normalized spacial score (nSPS) is 10.1. The molecule has 2 rings (SSSR count). The number of nitrogens with zero attached hydrogens (tertiary/aromatic N) is 2. The van der Waals surface area contributed by atoms with Crippen molar-refractivity contribution in [2.24, 2.45) is 0 Å². The van der Waals surface area contributed by atoms with Gasteiger partial charge in [0, 0.05) is 5.69 Å². The van der Waals surface area contributed by atoms with Gasteiger partial charge in [0.15, 0.2) is 5.82 Å². The van der Waals surface area contributed by atoms with Gasteiger partial charge in [0.1, 0.15) is 6.20 Å². The number of rotatable bonds is 3. The van der Waals surface area contributed by atoms with Gasteiger partial charge < -0.3 is 11.1 Å². The highest BCUT2D eigenvalue weighted by molar-refractivity contribution is 5.74. The predicted octanol–water partition coefficient (Wildman–Crippen LogP) is 2.42. The maximum absolute atomic E-state index is 10.7. The van der Waals surface area contributed by atoms with Gasteiger partial charge in [0.2, 0.25) is 0 Å². The Balaban J connectivity index is 2.36. The number of aromatic nitrogens is 1. The van der Waals surface area contributed by atoms with E-state index in [1.165, 1.54) is 6.20 Å². The van der Waals surface area contributed by atoms with Crippen LogP contribution in [0.1, 0.15) is 5.56 Å². The molecule has 3 N–H and O–H groups in total. The van der Waals surface area contributed by atoms with Crippen LogP contribution in [0.4, 0.5) is 22.9 Å². The van der Waals surface area contributed by atoms with E-state index in [0.717, 1.165) is 5.69 Å². The number of anilines is 3. The second kappa shape index (κ2) is 4.70. The Morgan fingerprint density at radius 3 is 2.94 bits per heavy atom.